The van der Waals surface area contributed by atoms with Crippen LogP contribution in [0, 0.1) is 5.92 Å². The molecule has 0 aliphatic carbocycles. The lowest BCUT2D eigenvalue weighted by molar-refractivity contribution is -0.167. The highest BCUT2D eigenvalue weighted by atomic mass is 32.2. The smallest absolute Gasteiger partial charge is 0.449 e. The summed E-state index contributed by atoms with van der Waals surface area (Å²) in [6, 6.07) is -0.418. The van der Waals surface area contributed by atoms with Crippen LogP contribution in [0.1, 0.15) is 13.3 Å². The molecule has 0 saturated carbocycles. The van der Waals surface area contributed by atoms with Crippen LogP contribution >= 0.6 is 11.8 Å². The summed E-state index contributed by atoms with van der Waals surface area (Å²) in [4.78, 5) is 25.3. The van der Waals surface area contributed by atoms with Gasteiger partial charge in [0.1, 0.15) is 6.10 Å². The molecule has 3 aliphatic heterocycles. The van der Waals surface area contributed by atoms with E-state index in [0.717, 1.165) is 19.5 Å². The van der Waals surface area contributed by atoms with Crippen molar-refractivity contribution in [3.8, 4) is 0 Å². The summed E-state index contributed by atoms with van der Waals surface area (Å²) >= 11 is 1.49. The number of β-lactam (4-membered cyclic amide) rings is 1. The lowest BCUT2D eigenvalue weighted by Gasteiger charge is -2.45. The number of carbonyl (C=O) groups excluding carboxylic acids is 1. The minimum absolute atomic E-state index is 0.0353. The predicted octanol–water partition coefficient (Wildman–Crippen LogP) is 0.182. The van der Waals surface area contributed by atoms with E-state index in [1.807, 2.05) is 0 Å². The maximum absolute atomic E-state index is 12.3. The number of aliphatic hydroxyl groups excluding tert-OH is 1. The third kappa shape index (κ3) is 2.71. The van der Waals surface area contributed by atoms with Crippen molar-refractivity contribution in [3.05, 3.63) is 10.8 Å². The van der Waals surface area contributed by atoms with E-state index < -0.39 is 30.3 Å². The van der Waals surface area contributed by atoms with E-state index in [2.05, 4.69) is 5.32 Å². The third-order valence-electron chi connectivity index (χ3n) is 4.45. The van der Waals surface area contributed by atoms with Gasteiger partial charge in [0.2, 0.25) is 11.8 Å². The van der Waals surface area contributed by atoms with Crippen molar-refractivity contribution >= 4 is 23.8 Å². The van der Waals surface area contributed by atoms with Crippen LogP contribution in [0.2, 0.25) is 0 Å². The fourth-order valence-electron chi connectivity index (χ4n) is 3.43. The average molecular weight is 344 g/mol. The number of ether oxygens (including phenoxy) is 2. The first-order chi connectivity index (χ1) is 11.0. The normalized spacial score (nSPS) is 34.4. The molecule has 8 nitrogen and oxygen atoms in total. The number of amides is 1. The molecule has 0 radical (unpaired) electrons. The number of rotatable bonds is 5. The van der Waals surface area contributed by atoms with Gasteiger partial charge in [0.15, 0.2) is 0 Å². The number of nitrogens with zero attached hydrogens (tertiary/aromatic N) is 1. The Hall–Kier alpha value is -1.29. The molecule has 0 aromatic heterocycles. The summed E-state index contributed by atoms with van der Waals surface area (Å²) < 4.78 is 10.4. The summed E-state index contributed by atoms with van der Waals surface area (Å²) in [5.74, 6) is -0.899. The Labute approximate surface area is 137 Å². The fourth-order valence-corrected chi connectivity index (χ4v) is 4.84. The van der Waals surface area contributed by atoms with Crippen LogP contribution in [0.25, 0.3) is 0 Å². The molecular weight excluding hydrogens is 324 g/mol. The second-order valence-electron chi connectivity index (χ2n) is 5.89. The first-order valence-corrected chi connectivity index (χ1v) is 8.40. The van der Waals surface area contributed by atoms with Crippen molar-refractivity contribution in [2.45, 2.75) is 36.8 Å². The number of carboxylic acid groups (broad SMARTS) is 1. The van der Waals surface area contributed by atoms with Crippen LogP contribution in [0.3, 0.4) is 0 Å². The van der Waals surface area contributed by atoms with Gasteiger partial charge in [-0.2, -0.15) is 0 Å². The SMILES string of the molecule is CO[C@H]1C(S[C@H]2CCNC2)=C(OC(=O)O)N2C(=O)[C@H]([C@@H](C)O)[C@@H]12. The van der Waals surface area contributed by atoms with Crippen LogP contribution in [0.4, 0.5) is 4.79 Å². The Balaban J connectivity index is 1.91. The average Bonchev–Trinajstić information content (AvgIpc) is 3.04. The molecule has 2 fully saturated rings. The highest BCUT2D eigenvalue weighted by molar-refractivity contribution is 8.03. The molecule has 0 aromatic carbocycles. The topological polar surface area (TPSA) is 108 Å². The Bertz CT molecular complexity index is 545. The van der Waals surface area contributed by atoms with Crippen LogP contribution < -0.4 is 5.32 Å². The minimum Gasteiger partial charge on any atom is -0.449 e. The molecule has 3 aliphatic rings. The van der Waals surface area contributed by atoms with Gasteiger partial charge in [0, 0.05) is 18.9 Å². The summed E-state index contributed by atoms with van der Waals surface area (Å²) in [5, 5.41) is 22.4. The molecular formula is C14H20N2O6S. The number of methoxy groups -OCH3 is 1. The summed E-state index contributed by atoms with van der Waals surface area (Å²) in [7, 11) is 1.52. The molecule has 2 saturated heterocycles. The van der Waals surface area contributed by atoms with Crippen molar-refractivity contribution in [1.29, 1.82) is 0 Å². The monoisotopic (exact) mass is 344 g/mol. The number of hydrogen-bond donors (Lipinski definition) is 3. The van der Waals surface area contributed by atoms with Crippen LogP contribution in [0.15, 0.2) is 10.8 Å². The molecule has 0 spiro atoms. The molecule has 3 heterocycles. The Morgan fingerprint density at radius 2 is 2.26 bits per heavy atom. The first-order valence-electron chi connectivity index (χ1n) is 7.52. The van der Waals surface area contributed by atoms with Crippen LogP contribution in [0.5, 0.6) is 0 Å². The summed E-state index contributed by atoms with van der Waals surface area (Å²) in [6.07, 6.45) is -1.83. The predicted molar refractivity (Wildman–Crippen MR) is 81.6 cm³/mol. The number of nitrogens with one attached hydrogen (secondary N) is 1. The van der Waals surface area contributed by atoms with E-state index in [4.69, 9.17) is 14.6 Å². The lowest BCUT2D eigenvalue weighted by Crippen LogP contribution is -2.65. The molecule has 128 valence electrons. The summed E-state index contributed by atoms with van der Waals surface area (Å²) in [6.45, 7) is 3.26. The van der Waals surface area contributed by atoms with Crippen molar-refractivity contribution < 1.29 is 29.3 Å². The van der Waals surface area contributed by atoms with E-state index >= 15 is 0 Å². The molecule has 0 unspecified atom stereocenters. The second-order valence-corrected chi connectivity index (χ2v) is 7.23. The van der Waals surface area contributed by atoms with E-state index in [0.29, 0.717) is 4.91 Å². The van der Waals surface area contributed by atoms with Gasteiger partial charge in [-0.05, 0) is 19.9 Å². The Morgan fingerprint density at radius 1 is 1.52 bits per heavy atom. The van der Waals surface area contributed by atoms with Crippen molar-refractivity contribution in [3.63, 3.8) is 0 Å². The quantitative estimate of drug-likeness (QED) is 0.479. The van der Waals surface area contributed by atoms with Crippen LogP contribution in [-0.2, 0) is 14.3 Å². The fraction of sp³-hybridized carbons (Fsp3) is 0.714. The van der Waals surface area contributed by atoms with Crippen molar-refractivity contribution in [2.24, 2.45) is 5.92 Å². The van der Waals surface area contributed by atoms with Gasteiger partial charge >= 0.3 is 6.16 Å². The van der Waals surface area contributed by atoms with Crippen molar-refractivity contribution in [1.82, 2.24) is 10.2 Å². The maximum atomic E-state index is 12.3. The first kappa shape index (κ1) is 16.6. The van der Waals surface area contributed by atoms with Crippen molar-refractivity contribution in [2.75, 3.05) is 20.2 Å². The molecule has 1 amide bonds. The van der Waals surface area contributed by atoms with E-state index in [1.165, 1.54) is 23.8 Å². The Kier molecular flexibility index (Phi) is 4.54. The molecule has 0 aromatic rings. The van der Waals surface area contributed by atoms with Gasteiger partial charge in [0.25, 0.3) is 0 Å². The zero-order valence-electron chi connectivity index (χ0n) is 12.9. The van der Waals surface area contributed by atoms with Gasteiger partial charge in [-0.25, -0.2) is 4.79 Å². The number of hydrogen-bond acceptors (Lipinski definition) is 7. The number of carbonyl (C=O) groups is 2. The lowest BCUT2D eigenvalue weighted by atomic mass is 9.82. The third-order valence-corrected chi connectivity index (χ3v) is 5.85. The largest absolute Gasteiger partial charge is 0.512 e. The second kappa shape index (κ2) is 6.31. The highest BCUT2D eigenvalue weighted by Crippen LogP contribution is 2.49. The minimum atomic E-state index is -1.47. The molecule has 3 rings (SSSR count). The highest BCUT2D eigenvalue weighted by Gasteiger charge is 2.62. The van der Waals surface area contributed by atoms with E-state index in [1.54, 1.807) is 6.92 Å². The molecule has 0 bridgehead atoms. The number of fused-ring (bicyclic) bond motifs is 1. The van der Waals surface area contributed by atoms with Gasteiger partial charge in [-0.1, -0.05) is 0 Å². The maximum Gasteiger partial charge on any atom is 0.512 e. The molecule has 23 heavy (non-hydrogen) atoms. The van der Waals surface area contributed by atoms with Gasteiger partial charge in [-0.3, -0.25) is 9.69 Å². The summed E-state index contributed by atoms with van der Waals surface area (Å²) in [5.41, 5.74) is 0. The molecule has 9 heteroatoms. The number of thioether (sulfide) groups is 1. The van der Waals surface area contributed by atoms with Gasteiger partial charge in [-0.15, -0.1) is 11.8 Å². The van der Waals surface area contributed by atoms with E-state index in [-0.39, 0.29) is 17.0 Å². The standard InChI is InChI=1S/C14H20N2O6S/c1-6(17)8-9-10(21-2)11(23-7-3-4-15-5-7)13(22-14(19)20)16(9)12(8)18/h6-10,15,17H,3-5H2,1-2H3,(H,19,20)/t6-,7+,8-,9+,10-/m1/s1. The van der Waals surface area contributed by atoms with Gasteiger partial charge in [0.05, 0.1) is 23.0 Å². The van der Waals surface area contributed by atoms with Gasteiger partial charge < -0.3 is 25.0 Å². The van der Waals surface area contributed by atoms with E-state index in [9.17, 15) is 14.7 Å². The number of aliphatic hydroxyl groups is 1. The zero-order valence-corrected chi connectivity index (χ0v) is 13.7. The molecule has 3 N–H and O–H groups in total. The van der Waals surface area contributed by atoms with Crippen LogP contribution in [-0.4, -0.2) is 70.9 Å². The zero-order chi connectivity index (χ0) is 16.7. The molecule has 5 atom stereocenters. The Morgan fingerprint density at radius 3 is 2.78 bits per heavy atom.